The largest absolute Gasteiger partial charge is 0.343 e. The SMILES string of the molecule is CC[C@@H](C)CC(=O)N1CCC([C@@]2(CC)NC(=O)N(CCc3scnc3C)C2=O)CC1. The lowest BCUT2D eigenvalue weighted by Crippen LogP contribution is -2.56. The second-order valence-electron chi connectivity index (χ2n) is 8.70. The first-order valence-electron chi connectivity index (χ1n) is 11.1. The predicted molar refractivity (Wildman–Crippen MR) is 117 cm³/mol. The van der Waals surface area contributed by atoms with Crippen LogP contribution in [0.4, 0.5) is 4.79 Å². The average Bonchev–Trinajstić information content (AvgIpc) is 3.26. The van der Waals surface area contributed by atoms with Gasteiger partial charge >= 0.3 is 6.03 Å². The van der Waals surface area contributed by atoms with Gasteiger partial charge in [-0.25, -0.2) is 9.78 Å². The number of hydrogen-bond donors (Lipinski definition) is 1. The lowest BCUT2D eigenvalue weighted by molar-refractivity contribution is -0.136. The molecule has 1 aromatic rings. The molecule has 1 N–H and O–H groups in total. The van der Waals surface area contributed by atoms with E-state index in [1.807, 2.05) is 18.7 Å². The fourth-order valence-electron chi connectivity index (χ4n) is 4.63. The average molecular weight is 435 g/mol. The predicted octanol–water partition coefficient (Wildman–Crippen LogP) is 3.37. The van der Waals surface area contributed by atoms with Crippen molar-refractivity contribution in [2.24, 2.45) is 11.8 Å². The number of carbonyl (C=O) groups is 3. The summed E-state index contributed by atoms with van der Waals surface area (Å²) in [4.78, 5) is 47.2. The molecule has 2 saturated heterocycles. The number of aryl methyl sites for hydroxylation is 1. The fraction of sp³-hybridized carbons (Fsp3) is 0.727. The summed E-state index contributed by atoms with van der Waals surface area (Å²) in [5.74, 6) is 0.545. The lowest BCUT2D eigenvalue weighted by atomic mass is 9.75. The Morgan fingerprint density at radius 1 is 1.33 bits per heavy atom. The number of imide groups is 1. The minimum atomic E-state index is -0.842. The maximum atomic E-state index is 13.4. The van der Waals surface area contributed by atoms with E-state index < -0.39 is 5.54 Å². The number of thiazole rings is 1. The maximum Gasteiger partial charge on any atom is 0.325 e. The molecule has 0 radical (unpaired) electrons. The summed E-state index contributed by atoms with van der Waals surface area (Å²) in [6.07, 6.45) is 4.28. The molecule has 0 unspecified atom stereocenters. The van der Waals surface area contributed by atoms with Crippen LogP contribution < -0.4 is 5.32 Å². The Labute approximate surface area is 183 Å². The van der Waals surface area contributed by atoms with Crippen LogP contribution in [0.3, 0.4) is 0 Å². The molecule has 2 aliphatic heterocycles. The van der Waals surface area contributed by atoms with Gasteiger partial charge in [-0.05, 0) is 38.0 Å². The Hall–Kier alpha value is -1.96. The number of urea groups is 1. The number of nitrogens with zero attached hydrogens (tertiary/aromatic N) is 3. The van der Waals surface area contributed by atoms with Crippen LogP contribution in [0.5, 0.6) is 0 Å². The number of carbonyl (C=O) groups excluding carboxylic acids is 3. The molecule has 3 heterocycles. The van der Waals surface area contributed by atoms with Crippen molar-refractivity contribution in [1.82, 2.24) is 20.1 Å². The number of amides is 4. The van der Waals surface area contributed by atoms with E-state index in [-0.39, 0.29) is 23.8 Å². The smallest absolute Gasteiger partial charge is 0.325 e. The number of hydrogen-bond acceptors (Lipinski definition) is 5. The van der Waals surface area contributed by atoms with Gasteiger partial charge in [0.2, 0.25) is 5.91 Å². The first-order chi connectivity index (χ1) is 14.3. The highest BCUT2D eigenvalue weighted by Gasteiger charge is 2.54. The van der Waals surface area contributed by atoms with Gasteiger partial charge in [-0.1, -0.05) is 27.2 Å². The van der Waals surface area contributed by atoms with E-state index in [1.165, 1.54) is 4.90 Å². The number of likely N-dealkylation sites (tertiary alicyclic amines) is 1. The van der Waals surface area contributed by atoms with Crippen LogP contribution in [-0.4, -0.2) is 57.8 Å². The van der Waals surface area contributed by atoms with Crippen molar-refractivity contribution in [3.05, 3.63) is 16.1 Å². The molecule has 8 heteroatoms. The van der Waals surface area contributed by atoms with Gasteiger partial charge in [0.25, 0.3) is 5.91 Å². The molecule has 30 heavy (non-hydrogen) atoms. The molecule has 2 atom stereocenters. The summed E-state index contributed by atoms with van der Waals surface area (Å²) >= 11 is 1.56. The van der Waals surface area contributed by atoms with E-state index >= 15 is 0 Å². The molecule has 0 aromatic carbocycles. The van der Waals surface area contributed by atoms with Gasteiger partial charge in [-0.3, -0.25) is 14.5 Å². The first kappa shape index (κ1) is 22.7. The maximum absolute atomic E-state index is 13.4. The van der Waals surface area contributed by atoms with Gasteiger partial charge < -0.3 is 10.2 Å². The molecular formula is C22H34N4O3S. The highest BCUT2D eigenvalue weighted by atomic mass is 32.1. The second kappa shape index (κ2) is 9.45. The molecule has 2 aliphatic rings. The molecule has 0 aliphatic carbocycles. The highest BCUT2D eigenvalue weighted by molar-refractivity contribution is 7.09. The van der Waals surface area contributed by atoms with E-state index in [1.54, 1.807) is 16.8 Å². The van der Waals surface area contributed by atoms with Crippen molar-refractivity contribution in [2.45, 2.75) is 71.8 Å². The van der Waals surface area contributed by atoms with Gasteiger partial charge in [0.15, 0.2) is 0 Å². The molecule has 0 spiro atoms. The van der Waals surface area contributed by atoms with E-state index in [2.05, 4.69) is 24.1 Å². The zero-order valence-electron chi connectivity index (χ0n) is 18.6. The first-order valence-corrected chi connectivity index (χ1v) is 12.0. The molecule has 166 valence electrons. The summed E-state index contributed by atoms with van der Waals surface area (Å²) in [7, 11) is 0. The van der Waals surface area contributed by atoms with Crippen molar-refractivity contribution >= 4 is 29.2 Å². The third kappa shape index (κ3) is 4.38. The molecular weight excluding hydrogens is 400 g/mol. The fourth-order valence-corrected chi connectivity index (χ4v) is 5.40. The minimum Gasteiger partial charge on any atom is -0.343 e. The van der Waals surface area contributed by atoms with Gasteiger partial charge in [0.05, 0.1) is 11.2 Å². The quantitative estimate of drug-likeness (QED) is 0.636. The van der Waals surface area contributed by atoms with Gasteiger partial charge in [0, 0.05) is 37.4 Å². The third-order valence-electron chi connectivity index (χ3n) is 6.93. The van der Waals surface area contributed by atoms with Crippen LogP contribution in [0.25, 0.3) is 0 Å². The summed E-state index contributed by atoms with van der Waals surface area (Å²) in [5, 5.41) is 3.04. The van der Waals surface area contributed by atoms with E-state index in [0.29, 0.717) is 44.8 Å². The van der Waals surface area contributed by atoms with Crippen molar-refractivity contribution in [3.8, 4) is 0 Å². The summed E-state index contributed by atoms with van der Waals surface area (Å²) in [5.41, 5.74) is 1.91. The zero-order valence-corrected chi connectivity index (χ0v) is 19.4. The number of nitrogens with one attached hydrogen (secondary N) is 1. The molecule has 4 amide bonds. The van der Waals surface area contributed by atoms with Crippen molar-refractivity contribution in [3.63, 3.8) is 0 Å². The number of piperidine rings is 1. The van der Waals surface area contributed by atoms with Gasteiger partial charge in [0.1, 0.15) is 5.54 Å². The number of aromatic nitrogens is 1. The molecule has 2 fully saturated rings. The third-order valence-corrected chi connectivity index (χ3v) is 7.93. The van der Waals surface area contributed by atoms with E-state index in [4.69, 9.17) is 0 Å². The normalized spacial score (nSPS) is 23.7. The van der Waals surface area contributed by atoms with Crippen LogP contribution in [0.15, 0.2) is 5.51 Å². The van der Waals surface area contributed by atoms with Crippen LogP contribution in [0, 0.1) is 18.8 Å². The van der Waals surface area contributed by atoms with Gasteiger partial charge in [-0.2, -0.15) is 0 Å². The van der Waals surface area contributed by atoms with Crippen molar-refractivity contribution in [2.75, 3.05) is 19.6 Å². The summed E-state index contributed by atoms with van der Waals surface area (Å²) in [6.45, 7) is 9.81. The highest BCUT2D eigenvalue weighted by Crippen LogP contribution is 2.36. The number of rotatable bonds is 8. The van der Waals surface area contributed by atoms with Crippen molar-refractivity contribution in [1.29, 1.82) is 0 Å². The van der Waals surface area contributed by atoms with Crippen molar-refractivity contribution < 1.29 is 14.4 Å². The Kier molecular flexibility index (Phi) is 7.16. The Balaban J connectivity index is 1.63. The molecule has 7 nitrogen and oxygen atoms in total. The van der Waals surface area contributed by atoms with Crippen LogP contribution in [0.2, 0.25) is 0 Å². The molecule has 3 rings (SSSR count). The second-order valence-corrected chi connectivity index (χ2v) is 9.63. The van der Waals surface area contributed by atoms with E-state index in [9.17, 15) is 14.4 Å². The molecule has 0 saturated carbocycles. The molecule has 0 bridgehead atoms. The summed E-state index contributed by atoms with van der Waals surface area (Å²) in [6, 6.07) is -0.292. The topological polar surface area (TPSA) is 82.6 Å². The van der Waals surface area contributed by atoms with Crippen LogP contribution >= 0.6 is 11.3 Å². The lowest BCUT2D eigenvalue weighted by Gasteiger charge is -2.40. The zero-order chi connectivity index (χ0) is 21.9. The Bertz CT molecular complexity index is 787. The monoisotopic (exact) mass is 434 g/mol. The summed E-state index contributed by atoms with van der Waals surface area (Å²) < 4.78 is 0. The van der Waals surface area contributed by atoms with Gasteiger partial charge in [-0.15, -0.1) is 11.3 Å². The van der Waals surface area contributed by atoms with Crippen LogP contribution in [0.1, 0.15) is 63.4 Å². The Morgan fingerprint density at radius 2 is 2.03 bits per heavy atom. The Morgan fingerprint density at radius 3 is 2.60 bits per heavy atom. The minimum absolute atomic E-state index is 0.0572. The molecule has 1 aromatic heterocycles. The van der Waals surface area contributed by atoms with Crippen LogP contribution in [-0.2, 0) is 16.0 Å². The standard InChI is InChI=1S/C22H34N4O3S/c1-5-15(3)13-19(27)25-10-7-17(8-11-25)22(6-2)20(28)26(21(29)24-22)12-9-18-16(4)23-14-30-18/h14-15,17H,5-13H2,1-4H3,(H,24,29)/t15-,22-/m1/s1. The van der Waals surface area contributed by atoms with E-state index in [0.717, 1.165) is 29.8 Å².